The van der Waals surface area contributed by atoms with Gasteiger partial charge in [0.2, 0.25) is 0 Å². The van der Waals surface area contributed by atoms with Crippen LogP contribution in [0.2, 0.25) is 5.02 Å². The van der Waals surface area contributed by atoms with Crippen molar-refractivity contribution in [1.82, 2.24) is 0 Å². The summed E-state index contributed by atoms with van der Waals surface area (Å²) in [4.78, 5) is 10.4. The van der Waals surface area contributed by atoms with Gasteiger partial charge in [-0.2, -0.15) is 0 Å². The summed E-state index contributed by atoms with van der Waals surface area (Å²) in [5.74, 6) is 0. The van der Waals surface area contributed by atoms with Crippen LogP contribution in [0.3, 0.4) is 0 Å². The minimum absolute atomic E-state index is 0.396. The molecule has 11 heavy (non-hydrogen) atoms. The van der Waals surface area contributed by atoms with E-state index in [-0.39, 0.29) is 0 Å². The van der Waals surface area contributed by atoms with E-state index in [1.807, 2.05) is 0 Å². The Morgan fingerprint density at radius 2 is 2.27 bits per heavy atom. The molecule has 2 nitrogen and oxygen atoms in total. The number of halogens is 1. The van der Waals surface area contributed by atoms with E-state index < -0.39 is 5.24 Å². The second-order valence-corrected chi connectivity index (χ2v) is 2.78. The Kier molecular flexibility index (Phi) is 2.79. The number of anilines is 1. The zero-order valence-corrected chi connectivity index (χ0v) is 7.19. The average Bonchev–Trinajstić information content (AvgIpc) is 1.85. The normalized spacial score (nSPS) is 9.27. The fourth-order valence-electron chi connectivity index (χ4n) is 0.690. The van der Waals surface area contributed by atoms with Crippen LogP contribution in [0.4, 0.5) is 10.5 Å². The van der Waals surface area contributed by atoms with E-state index in [0.29, 0.717) is 10.7 Å². The van der Waals surface area contributed by atoms with Crippen molar-refractivity contribution >= 4 is 35.2 Å². The lowest BCUT2D eigenvalue weighted by Crippen LogP contribution is -2.00. The van der Waals surface area contributed by atoms with Crippen LogP contribution in [-0.2, 0) is 0 Å². The molecule has 1 amide bonds. The molecule has 0 atom stereocenters. The van der Waals surface area contributed by atoms with Gasteiger partial charge in [0.05, 0.1) is 0 Å². The number of carbonyl (C=O) groups excluding carboxylic acids is 1. The van der Waals surface area contributed by atoms with Gasteiger partial charge in [-0.15, -0.1) is 0 Å². The van der Waals surface area contributed by atoms with Gasteiger partial charge in [0.25, 0.3) is 5.24 Å². The maximum Gasteiger partial charge on any atom is 0.280 e. The van der Waals surface area contributed by atoms with E-state index in [2.05, 4.69) is 17.9 Å². The van der Waals surface area contributed by atoms with E-state index in [0.717, 1.165) is 0 Å². The van der Waals surface area contributed by atoms with Gasteiger partial charge < -0.3 is 5.32 Å². The first-order valence-corrected chi connectivity index (χ1v) is 3.76. The van der Waals surface area contributed by atoms with E-state index in [1.165, 1.54) is 0 Å². The Balaban J connectivity index is 2.79. The minimum atomic E-state index is -0.396. The molecule has 0 saturated carbocycles. The summed E-state index contributed by atoms with van der Waals surface area (Å²) in [5, 5.41) is 2.68. The molecule has 0 aliphatic rings. The molecule has 4 heteroatoms. The Morgan fingerprint density at radius 3 is 2.82 bits per heavy atom. The van der Waals surface area contributed by atoms with Crippen LogP contribution in [0.15, 0.2) is 24.3 Å². The molecule has 0 aromatic heterocycles. The molecule has 0 saturated heterocycles. The summed E-state index contributed by atoms with van der Waals surface area (Å²) in [6.07, 6.45) is 0. The molecule has 0 bridgehead atoms. The van der Waals surface area contributed by atoms with Crippen LogP contribution < -0.4 is 5.32 Å². The molecule has 0 unspecified atom stereocenters. The zero-order chi connectivity index (χ0) is 8.27. The van der Waals surface area contributed by atoms with Crippen molar-refractivity contribution in [3.8, 4) is 0 Å². The van der Waals surface area contributed by atoms with Gasteiger partial charge in [0, 0.05) is 10.7 Å². The van der Waals surface area contributed by atoms with E-state index in [9.17, 15) is 4.79 Å². The first-order valence-electron chi connectivity index (χ1n) is 2.94. The van der Waals surface area contributed by atoms with Crippen LogP contribution in [0.25, 0.3) is 0 Å². The van der Waals surface area contributed by atoms with Crippen molar-refractivity contribution in [2.24, 2.45) is 0 Å². The van der Waals surface area contributed by atoms with Gasteiger partial charge in [-0.05, 0) is 18.2 Å². The molecule has 1 aromatic rings. The third-order valence-corrected chi connectivity index (χ3v) is 1.42. The number of benzene rings is 1. The highest BCUT2D eigenvalue weighted by Gasteiger charge is 1.94. The number of hydrogen-bond donors (Lipinski definition) is 2. The van der Waals surface area contributed by atoms with Crippen LogP contribution in [0.1, 0.15) is 0 Å². The maximum atomic E-state index is 10.4. The van der Waals surface area contributed by atoms with Gasteiger partial charge in [-0.25, -0.2) is 0 Å². The summed E-state index contributed by atoms with van der Waals surface area (Å²) in [7, 11) is 0. The van der Waals surface area contributed by atoms with Crippen molar-refractivity contribution < 1.29 is 4.79 Å². The number of carbonyl (C=O) groups is 1. The van der Waals surface area contributed by atoms with Crippen LogP contribution in [-0.4, -0.2) is 5.24 Å². The zero-order valence-electron chi connectivity index (χ0n) is 5.54. The maximum absolute atomic E-state index is 10.4. The Hall–Kier alpha value is -0.670. The van der Waals surface area contributed by atoms with Gasteiger partial charge >= 0.3 is 0 Å². The molecular formula is C7H6ClNOS. The van der Waals surface area contributed by atoms with Crippen molar-refractivity contribution in [3.05, 3.63) is 29.3 Å². The molecule has 0 aliphatic carbocycles. The van der Waals surface area contributed by atoms with E-state index in [1.54, 1.807) is 24.3 Å². The van der Waals surface area contributed by atoms with Gasteiger partial charge in [0.15, 0.2) is 0 Å². The highest BCUT2D eigenvalue weighted by molar-refractivity contribution is 7.96. The minimum Gasteiger partial charge on any atom is -0.317 e. The topological polar surface area (TPSA) is 29.1 Å². The summed E-state index contributed by atoms with van der Waals surface area (Å²) < 4.78 is 0. The molecule has 0 spiro atoms. The van der Waals surface area contributed by atoms with Crippen LogP contribution >= 0.6 is 24.2 Å². The molecule has 1 N–H and O–H groups in total. The summed E-state index contributed by atoms with van der Waals surface area (Å²) in [6.45, 7) is 0. The number of hydrogen-bond acceptors (Lipinski definition) is 1. The second-order valence-electron chi connectivity index (χ2n) is 1.94. The van der Waals surface area contributed by atoms with E-state index in [4.69, 9.17) is 11.6 Å². The average molecular weight is 188 g/mol. The summed E-state index contributed by atoms with van der Waals surface area (Å²) >= 11 is 9.20. The lowest BCUT2D eigenvalue weighted by atomic mass is 10.3. The fraction of sp³-hybridized carbons (Fsp3) is 0. The first-order chi connectivity index (χ1) is 5.18. The van der Waals surface area contributed by atoms with E-state index >= 15 is 0 Å². The Bertz CT molecular complexity index is 277. The predicted molar refractivity (Wildman–Crippen MR) is 49.5 cm³/mol. The lowest BCUT2D eigenvalue weighted by Gasteiger charge is -1.99. The van der Waals surface area contributed by atoms with Crippen molar-refractivity contribution in [3.63, 3.8) is 0 Å². The molecular weight excluding hydrogens is 182 g/mol. The highest BCUT2D eigenvalue weighted by Crippen LogP contribution is 2.14. The standard InChI is InChI=1S/C7H6ClNOS/c8-5-2-1-3-6(4-5)9-7(10)11/h1-4H,(H2,9,10,11). The molecule has 0 aliphatic heterocycles. The smallest absolute Gasteiger partial charge is 0.280 e. The predicted octanol–water partition coefficient (Wildman–Crippen LogP) is 2.80. The molecule has 0 radical (unpaired) electrons. The molecule has 1 rings (SSSR count). The fourth-order valence-corrected chi connectivity index (χ4v) is 1.01. The van der Waals surface area contributed by atoms with Gasteiger partial charge in [-0.3, -0.25) is 4.79 Å². The van der Waals surface area contributed by atoms with Gasteiger partial charge in [0.1, 0.15) is 0 Å². The number of amides is 1. The molecule has 0 heterocycles. The third-order valence-electron chi connectivity index (χ3n) is 1.08. The Morgan fingerprint density at radius 1 is 1.55 bits per heavy atom. The lowest BCUT2D eigenvalue weighted by molar-refractivity contribution is 0.270. The summed E-state index contributed by atoms with van der Waals surface area (Å²) in [5.41, 5.74) is 0.650. The molecule has 0 fully saturated rings. The SMILES string of the molecule is O=C(S)Nc1cccc(Cl)c1. The first kappa shape index (κ1) is 8.43. The van der Waals surface area contributed by atoms with Crippen molar-refractivity contribution in [2.75, 3.05) is 5.32 Å². The highest BCUT2D eigenvalue weighted by atomic mass is 35.5. The van der Waals surface area contributed by atoms with Crippen molar-refractivity contribution in [1.29, 1.82) is 0 Å². The Labute approximate surface area is 75.0 Å². The second kappa shape index (κ2) is 3.64. The third kappa shape index (κ3) is 2.82. The number of nitrogens with one attached hydrogen (secondary N) is 1. The largest absolute Gasteiger partial charge is 0.317 e. The van der Waals surface area contributed by atoms with Gasteiger partial charge in [-0.1, -0.05) is 30.3 Å². The quantitative estimate of drug-likeness (QED) is 0.651. The number of thiol groups is 1. The molecule has 1 aromatic carbocycles. The molecule has 58 valence electrons. The van der Waals surface area contributed by atoms with Crippen LogP contribution in [0, 0.1) is 0 Å². The van der Waals surface area contributed by atoms with Crippen molar-refractivity contribution in [2.45, 2.75) is 0 Å². The van der Waals surface area contributed by atoms with Crippen LogP contribution in [0.5, 0.6) is 0 Å². The number of rotatable bonds is 1. The monoisotopic (exact) mass is 187 g/mol. The summed E-state index contributed by atoms with van der Waals surface area (Å²) in [6, 6.07) is 6.87.